The van der Waals surface area contributed by atoms with Gasteiger partial charge in [0.05, 0.1) is 31.3 Å². The number of aromatic hydroxyl groups is 1. The predicted molar refractivity (Wildman–Crippen MR) is 169 cm³/mol. The van der Waals surface area contributed by atoms with Crippen molar-refractivity contribution in [2.75, 3.05) is 33.6 Å². The van der Waals surface area contributed by atoms with Gasteiger partial charge in [0.1, 0.15) is 5.75 Å². The van der Waals surface area contributed by atoms with Gasteiger partial charge in [0.2, 0.25) is 15.9 Å². The molecule has 0 aliphatic carbocycles. The molecular formula is C32H42N2O7S2. The highest BCUT2D eigenvalue weighted by molar-refractivity contribution is 7.98. The van der Waals surface area contributed by atoms with Gasteiger partial charge in [0.15, 0.2) is 11.5 Å². The molecule has 3 aromatic rings. The number of amides is 1. The Morgan fingerprint density at radius 3 is 2.21 bits per heavy atom. The SMILES string of the molecule is COc1cc(CCC(=O)N[C@@H](Cc2ccccc2)[C@H](O)CN(CC(C)C)S(=O)(=O)c2ccc(SC)cc2)c(OC)cc1O. The van der Waals surface area contributed by atoms with Crippen LogP contribution in [0.5, 0.6) is 17.2 Å². The van der Waals surface area contributed by atoms with Gasteiger partial charge in [-0.3, -0.25) is 4.79 Å². The van der Waals surface area contributed by atoms with Gasteiger partial charge in [-0.05, 0) is 66.5 Å². The molecule has 2 atom stereocenters. The molecule has 0 fully saturated rings. The second-order valence-corrected chi connectivity index (χ2v) is 13.5. The van der Waals surface area contributed by atoms with Crippen LogP contribution in [0.2, 0.25) is 0 Å². The van der Waals surface area contributed by atoms with Crippen LogP contribution >= 0.6 is 11.8 Å². The molecule has 234 valence electrons. The third-order valence-electron chi connectivity index (χ3n) is 6.97. The maximum absolute atomic E-state index is 13.7. The van der Waals surface area contributed by atoms with Crippen LogP contribution in [0.15, 0.2) is 76.5 Å². The van der Waals surface area contributed by atoms with Crippen LogP contribution in [0.4, 0.5) is 0 Å². The van der Waals surface area contributed by atoms with Crippen molar-refractivity contribution in [3.05, 3.63) is 77.9 Å². The lowest BCUT2D eigenvalue weighted by Crippen LogP contribution is -2.51. The minimum absolute atomic E-state index is 0.00638. The standard InChI is InChI=1S/C32H42N2O7S2/c1-22(2)20-34(43(38,39)26-14-12-25(42-5)13-15-26)21-29(36)27(17-23-9-7-6-8-10-23)33-32(37)16-11-24-18-31(41-4)28(35)19-30(24)40-3/h6-10,12-15,18-19,22,27,29,35-36H,11,16-17,20-21H2,1-5H3,(H,33,37)/t27-,29+/m0/s1. The molecule has 0 heterocycles. The molecule has 0 saturated carbocycles. The summed E-state index contributed by atoms with van der Waals surface area (Å²) in [5.74, 6) is 0.307. The molecule has 0 radical (unpaired) electrons. The molecule has 43 heavy (non-hydrogen) atoms. The Hall–Kier alpha value is -3.25. The van der Waals surface area contributed by atoms with Crippen LogP contribution in [0.3, 0.4) is 0 Å². The van der Waals surface area contributed by atoms with Gasteiger partial charge in [0, 0.05) is 30.5 Å². The molecule has 0 unspecified atom stereocenters. The van der Waals surface area contributed by atoms with Gasteiger partial charge in [-0.15, -0.1) is 11.8 Å². The number of carbonyl (C=O) groups is 1. The van der Waals surface area contributed by atoms with Crippen molar-refractivity contribution in [1.82, 2.24) is 9.62 Å². The largest absolute Gasteiger partial charge is 0.504 e. The first-order chi connectivity index (χ1) is 20.5. The van der Waals surface area contributed by atoms with E-state index in [1.807, 2.05) is 50.4 Å². The zero-order chi connectivity index (χ0) is 31.6. The summed E-state index contributed by atoms with van der Waals surface area (Å²) in [7, 11) is -0.992. The molecule has 0 aromatic heterocycles. The number of ether oxygens (including phenoxy) is 2. The smallest absolute Gasteiger partial charge is 0.243 e. The highest BCUT2D eigenvalue weighted by atomic mass is 32.2. The van der Waals surface area contributed by atoms with E-state index in [2.05, 4.69) is 5.32 Å². The third-order valence-corrected chi connectivity index (χ3v) is 9.56. The van der Waals surface area contributed by atoms with Crippen molar-refractivity contribution in [2.45, 2.75) is 55.0 Å². The summed E-state index contributed by atoms with van der Waals surface area (Å²) in [6.45, 7) is 3.85. The number of rotatable bonds is 16. The van der Waals surface area contributed by atoms with Crippen molar-refractivity contribution in [1.29, 1.82) is 0 Å². The molecular weight excluding hydrogens is 588 g/mol. The molecule has 11 heteroatoms. The number of methoxy groups -OCH3 is 2. The zero-order valence-electron chi connectivity index (χ0n) is 25.3. The number of nitrogens with zero attached hydrogens (tertiary/aromatic N) is 1. The molecule has 9 nitrogen and oxygen atoms in total. The fourth-order valence-corrected chi connectivity index (χ4v) is 6.76. The van der Waals surface area contributed by atoms with E-state index in [4.69, 9.17) is 9.47 Å². The van der Waals surface area contributed by atoms with Crippen molar-refractivity contribution in [3.8, 4) is 17.2 Å². The summed E-state index contributed by atoms with van der Waals surface area (Å²) in [4.78, 5) is 14.3. The van der Waals surface area contributed by atoms with E-state index >= 15 is 0 Å². The molecule has 0 saturated heterocycles. The molecule has 3 aromatic carbocycles. The second-order valence-electron chi connectivity index (χ2n) is 10.7. The lowest BCUT2D eigenvalue weighted by atomic mass is 10.00. The number of benzene rings is 3. The monoisotopic (exact) mass is 630 g/mol. The third kappa shape index (κ3) is 9.62. The summed E-state index contributed by atoms with van der Waals surface area (Å²) in [6, 6.07) is 18.4. The van der Waals surface area contributed by atoms with E-state index in [0.717, 1.165) is 10.5 Å². The van der Waals surface area contributed by atoms with Gasteiger partial charge in [-0.2, -0.15) is 4.31 Å². The molecule has 0 spiro atoms. The summed E-state index contributed by atoms with van der Waals surface area (Å²) in [5, 5.41) is 24.5. The van der Waals surface area contributed by atoms with Crippen LogP contribution in [0.1, 0.15) is 31.4 Å². The average molecular weight is 631 g/mol. The molecule has 3 rings (SSSR count). The number of hydrogen-bond donors (Lipinski definition) is 3. The van der Waals surface area contributed by atoms with E-state index in [1.54, 1.807) is 30.3 Å². The Labute approximate surface area is 259 Å². The molecule has 0 aliphatic heterocycles. The quantitative estimate of drug-likeness (QED) is 0.198. The van der Waals surface area contributed by atoms with Crippen LogP contribution < -0.4 is 14.8 Å². The normalized spacial score (nSPS) is 13.1. The van der Waals surface area contributed by atoms with Crippen LogP contribution in [-0.2, 0) is 27.7 Å². The predicted octanol–water partition coefficient (Wildman–Crippen LogP) is 4.50. The Morgan fingerprint density at radius 1 is 0.977 bits per heavy atom. The van der Waals surface area contributed by atoms with Crippen molar-refractivity contribution >= 4 is 27.7 Å². The lowest BCUT2D eigenvalue weighted by molar-refractivity contribution is -0.122. The maximum Gasteiger partial charge on any atom is 0.243 e. The van der Waals surface area contributed by atoms with Crippen LogP contribution in [0, 0.1) is 5.92 Å². The van der Waals surface area contributed by atoms with Gasteiger partial charge in [-0.25, -0.2) is 8.42 Å². The Balaban J connectivity index is 1.82. The minimum Gasteiger partial charge on any atom is -0.504 e. The number of nitrogens with one attached hydrogen (secondary N) is 1. The Kier molecular flexibility index (Phi) is 12.7. The van der Waals surface area contributed by atoms with Crippen LogP contribution in [-0.4, -0.2) is 74.6 Å². The Bertz CT molecular complexity index is 1430. The van der Waals surface area contributed by atoms with E-state index in [9.17, 15) is 23.4 Å². The number of carbonyl (C=O) groups excluding carboxylic acids is 1. The van der Waals surface area contributed by atoms with Crippen molar-refractivity contribution in [2.24, 2.45) is 5.92 Å². The molecule has 3 N–H and O–H groups in total. The van der Waals surface area contributed by atoms with Crippen LogP contribution in [0.25, 0.3) is 0 Å². The first-order valence-corrected chi connectivity index (χ1v) is 16.7. The molecule has 1 amide bonds. The topological polar surface area (TPSA) is 125 Å². The van der Waals surface area contributed by atoms with E-state index in [-0.39, 0.29) is 47.7 Å². The van der Waals surface area contributed by atoms with Gasteiger partial charge < -0.3 is 25.0 Å². The molecule has 0 bridgehead atoms. The average Bonchev–Trinajstić information content (AvgIpc) is 2.99. The number of aryl methyl sites for hydroxylation is 1. The first kappa shape index (κ1) is 34.2. The first-order valence-electron chi connectivity index (χ1n) is 14.1. The van der Waals surface area contributed by atoms with E-state index < -0.39 is 22.2 Å². The maximum atomic E-state index is 13.7. The zero-order valence-corrected chi connectivity index (χ0v) is 27.0. The number of aliphatic hydroxyl groups is 1. The van der Waals surface area contributed by atoms with E-state index in [0.29, 0.717) is 24.2 Å². The highest BCUT2D eigenvalue weighted by Crippen LogP contribution is 2.34. The van der Waals surface area contributed by atoms with Gasteiger partial charge >= 0.3 is 0 Å². The number of hydrogen-bond acceptors (Lipinski definition) is 8. The van der Waals surface area contributed by atoms with Crippen molar-refractivity contribution in [3.63, 3.8) is 0 Å². The van der Waals surface area contributed by atoms with Gasteiger partial charge in [0.25, 0.3) is 0 Å². The van der Waals surface area contributed by atoms with Crippen molar-refractivity contribution < 1.29 is 32.9 Å². The summed E-state index contributed by atoms with van der Waals surface area (Å²) < 4.78 is 39.2. The number of aliphatic hydroxyl groups excluding tert-OH is 1. The Morgan fingerprint density at radius 2 is 1.63 bits per heavy atom. The summed E-state index contributed by atoms with van der Waals surface area (Å²) in [6.07, 6.45) is 1.40. The second kappa shape index (κ2) is 16.0. The number of thioether (sulfide) groups is 1. The summed E-state index contributed by atoms with van der Waals surface area (Å²) in [5.41, 5.74) is 1.57. The fraction of sp³-hybridized carbons (Fsp3) is 0.406. The number of phenols is 1. The van der Waals surface area contributed by atoms with Gasteiger partial charge in [-0.1, -0.05) is 44.2 Å². The summed E-state index contributed by atoms with van der Waals surface area (Å²) >= 11 is 1.52. The number of phenolic OH excluding ortho intramolecular Hbond substituents is 1. The highest BCUT2D eigenvalue weighted by Gasteiger charge is 2.31. The minimum atomic E-state index is -3.91. The fourth-order valence-electron chi connectivity index (χ4n) is 4.73. The van der Waals surface area contributed by atoms with E-state index in [1.165, 1.54) is 36.4 Å². The molecule has 0 aliphatic rings. The lowest BCUT2D eigenvalue weighted by Gasteiger charge is -2.31. The number of sulfonamides is 1.